The van der Waals surface area contributed by atoms with Crippen LogP contribution in [0.1, 0.15) is 33.7 Å². The van der Waals surface area contributed by atoms with Gasteiger partial charge < -0.3 is 15.2 Å². The zero-order valence-electron chi connectivity index (χ0n) is 16.9. The van der Waals surface area contributed by atoms with Gasteiger partial charge in [0.2, 0.25) is 0 Å². The van der Waals surface area contributed by atoms with Crippen molar-refractivity contribution in [3.05, 3.63) is 77.6 Å². The molecule has 1 amide bonds. The summed E-state index contributed by atoms with van der Waals surface area (Å²) in [4.78, 5) is 21.0. The summed E-state index contributed by atoms with van der Waals surface area (Å²) >= 11 is 0. The van der Waals surface area contributed by atoms with Crippen LogP contribution in [-0.4, -0.2) is 33.5 Å². The second-order valence-electron chi connectivity index (χ2n) is 7.34. The fourth-order valence-corrected chi connectivity index (χ4v) is 3.66. The SMILES string of the molecule is Cc1nccn1-c1ccc(CNC(=O)c2cncc(CC3CCNC3)c2)cc1.Cl.Cl. The Morgan fingerprint density at radius 2 is 2.00 bits per heavy atom. The highest BCUT2D eigenvalue weighted by molar-refractivity contribution is 5.94. The average molecular weight is 448 g/mol. The first kappa shape index (κ1) is 23.9. The van der Waals surface area contributed by atoms with Crippen LogP contribution < -0.4 is 10.6 Å². The molecule has 1 unspecified atom stereocenters. The van der Waals surface area contributed by atoms with Crippen LogP contribution in [0.4, 0.5) is 0 Å². The first-order valence-electron chi connectivity index (χ1n) is 9.71. The van der Waals surface area contributed by atoms with Gasteiger partial charge in [0.25, 0.3) is 5.91 Å². The Labute approximate surface area is 189 Å². The van der Waals surface area contributed by atoms with Crippen LogP contribution in [0.5, 0.6) is 0 Å². The van der Waals surface area contributed by atoms with E-state index in [2.05, 4.69) is 20.6 Å². The standard InChI is InChI=1S/C22H25N5O.2ClH/c1-16-25-8-9-27(16)21-4-2-17(3-5-21)14-26-22(28)20-11-19(13-24-15-20)10-18-6-7-23-12-18;;/h2-5,8-9,11,13,15,18,23H,6-7,10,12,14H2,1H3,(H,26,28);2*1H. The van der Waals surface area contributed by atoms with Crippen LogP contribution in [0.25, 0.3) is 5.69 Å². The lowest BCUT2D eigenvalue weighted by Crippen LogP contribution is -2.23. The van der Waals surface area contributed by atoms with Gasteiger partial charge in [-0.1, -0.05) is 12.1 Å². The third-order valence-electron chi connectivity index (χ3n) is 5.24. The van der Waals surface area contributed by atoms with E-state index in [1.54, 1.807) is 12.4 Å². The number of rotatable bonds is 6. The summed E-state index contributed by atoms with van der Waals surface area (Å²) in [6, 6.07) is 10.1. The smallest absolute Gasteiger partial charge is 0.253 e. The second kappa shape index (κ2) is 11.1. The Kier molecular flexibility index (Phi) is 8.84. The molecule has 30 heavy (non-hydrogen) atoms. The Bertz CT molecular complexity index is 952. The van der Waals surface area contributed by atoms with Gasteiger partial charge in [0.15, 0.2) is 0 Å². The van der Waals surface area contributed by atoms with Gasteiger partial charge in [-0.15, -0.1) is 24.8 Å². The van der Waals surface area contributed by atoms with E-state index < -0.39 is 0 Å². The molecule has 1 fully saturated rings. The molecule has 0 spiro atoms. The van der Waals surface area contributed by atoms with Crippen LogP contribution in [0.3, 0.4) is 0 Å². The van der Waals surface area contributed by atoms with Crippen LogP contribution in [0, 0.1) is 12.8 Å². The summed E-state index contributed by atoms with van der Waals surface area (Å²) in [5.74, 6) is 1.49. The van der Waals surface area contributed by atoms with Gasteiger partial charge in [0.1, 0.15) is 5.82 Å². The van der Waals surface area contributed by atoms with Crippen molar-refractivity contribution in [2.24, 2.45) is 5.92 Å². The molecule has 1 saturated heterocycles. The molecule has 3 aromatic rings. The Morgan fingerprint density at radius 1 is 1.20 bits per heavy atom. The normalized spacial score (nSPS) is 15.2. The molecule has 2 N–H and O–H groups in total. The van der Waals surface area contributed by atoms with E-state index >= 15 is 0 Å². The number of imidazole rings is 1. The van der Waals surface area contributed by atoms with Crippen molar-refractivity contribution in [2.45, 2.75) is 26.3 Å². The molecule has 6 nitrogen and oxygen atoms in total. The van der Waals surface area contributed by atoms with Gasteiger partial charge in [-0.3, -0.25) is 9.78 Å². The summed E-state index contributed by atoms with van der Waals surface area (Å²) < 4.78 is 2.03. The third kappa shape index (κ3) is 5.81. The van der Waals surface area contributed by atoms with Crippen LogP contribution >= 0.6 is 24.8 Å². The lowest BCUT2D eigenvalue weighted by atomic mass is 9.99. The van der Waals surface area contributed by atoms with Crippen molar-refractivity contribution in [3.63, 3.8) is 0 Å². The number of carbonyl (C=O) groups excluding carboxylic acids is 1. The van der Waals surface area contributed by atoms with Crippen molar-refractivity contribution in [2.75, 3.05) is 13.1 Å². The zero-order chi connectivity index (χ0) is 19.3. The first-order chi connectivity index (χ1) is 13.7. The van der Waals surface area contributed by atoms with Crippen molar-refractivity contribution in [1.82, 2.24) is 25.2 Å². The van der Waals surface area contributed by atoms with E-state index in [4.69, 9.17) is 0 Å². The minimum atomic E-state index is -0.0894. The maximum atomic E-state index is 12.5. The van der Waals surface area contributed by atoms with E-state index in [0.29, 0.717) is 18.0 Å². The molecule has 2 aromatic heterocycles. The highest BCUT2D eigenvalue weighted by atomic mass is 35.5. The number of pyridine rings is 1. The summed E-state index contributed by atoms with van der Waals surface area (Å²) in [7, 11) is 0. The summed E-state index contributed by atoms with van der Waals surface area (Å²) in [5.41, 5.74) is 3.86. The molecular weight excluding hydrogens is 421 g/mol. The van der Waals surface area contributed by atoms with Gasteiger partial charge in [-0.25, -0.2) is 4.98 Å². The predicted molar refractivity (Wildman–Crippen MR) is 123 cm³/mol. The fourth-order valence-electron chi connectivity index (χ4n) is 3.66. The molecule has 1 aliphatic heterocycles. The number of hydrogen-bond donors (Lipinski definition) is 2. The molecule has 1 aromatic carbocycles. The van der Waals surface area contributed by atoms with Crippen LogP contribution in [0.15, 0.2) is 55.1 Å². The molecule has 0 bridgehead atoms. The Morgan fingerprint density at radius 3 is 2.67 bits per heavy atom. The molecule has 8 heteroatoms. The summed E-state index contributed by atoms with van der Waals surface area (Å²) in [5, 5.41) is 6.37. The van der Waals surface area contributed by atoms with Crippen molar-refractivity contribution in [1.29, 1.82) is 0 Å². The third-order valence-corrected chi connectivity index (χ3v) is 5.24. The maximum absolute atomic E-state index is 12.5. The van der Waals surface area contributed by atoms with E-state index in [-0.39, 0.29) is 30.7 Å². The summed E-state index contributed by atoms with van der Waals surface area (Å²) in [6.07, 6.45) is 9.38. The number of carbonyl (C=O) groups is 1. The van der Waals surface area contributed by atoms with Gasteiger partial charge in [0, 0.05) is 37.0 Å². The average Bonchev–Trinajstić information content (AvgIpc) is 3.38. The lowest BCUT2D eigenvalue weighted by Gasteiger charge is -2.10. The minimum Gasteiger partial charge on any atom is -0.348 e. The van der Waals surface area contributed by atoms with Gasteiger partial charge >= 0.3 is 0 Å². The second-order valence-corrected chi connectivity index (χ2v) is 7.34. The number of hydrogen-bond acceptors (Lipinski definition) is 4. The van der Waals surface area contributed by atoms with E-state index in [1.165, 1.54) is 6.42 Å². The molecule has 1 atom stereocenters. The number of nitrogens with zero attached hydrogens (tertiary/aromatic N) is 3. The van der Waals surface area contributed by atoms with E-state index in [9.17, 15) is 4.79 Å². The van der Waals surface area contributed by atoms with Gasteiger partial charge in [-0.2, -0.15) is 0 Å². The molecule has 1 aliphatic rings. The number of benzene rings is 1. The quantitative estimate of drug-likeness (QED) is 0.606. The Balaban J connectivity index is 0.00000160. The number of nitrogens with one attached hydrogen (secondary N) is 2. The number of aromatic nitrogens is 3. The van der Waals surface area contributed by atoms with Crippen molar-refractivity contribution < 1.29 is 4.79 Å². The fraction of sp³-hybridized carbons (Fsp3) is 0.318. The molecular formula is C22H27Cl2N5O. The molecule has 0 radical (unpaired) electrons. The molecule has 160 valence electrons. The van der Waals surface area contributed by atoms with Crippen molar-refractivity contribution >= 4 is 30.7 Å². The zero-order valence-corrected chi connectivity index (χ0v) is 18.5. The predicted octanol–water partition coefficient (Wildman–Crippen LogP) is 3.50. The number of amides is 1. The molecule has 4 rings (SSSR count). The largest absolute Gasteiger partial charge is 0.348 e. The van der Waals surface area contributed by atoms with Crippen molar-refractivity contribution in [3.8, 4) is 5.69 Å². The first-order valence-corrected chi connectivity index (χ1v) is 9.71. The molecule has 3 heterocycles. The van der Waals surface area contributed by atoms with Crippen LogP contribution in [0.2, 0.25) is 0 Å². The van der Waals surface area contributed by atoms with Gasteiger partial charge in [-0.05, 0) is 68.1 Å². The number of halogens is 2. The topological polar surface area (TPSA) is 71.8 Å². The Hall–Kier alpha value is -2.41. The molecule has 0 saturated carbocycles. The maximum Gasteiger partial charge on any atom is 0.253 e. The lowest BCUT2D eigenvalue weighted by molar-refractivity contribution is 0.0950. The number of aryl methyl sites for hydroxylation is 1. The van der Waals surface area contributed by atoms with E-state index in [1.807, 2.05) is 54.2 Å². The minimum absolute atomic E-state index is 0. The summed E-state index contributed by atoms with van der Waals surface area (Å²) in [6.45, 7) is 4.58. The monoisotopic (exact) mass is 447 g/mol. The van der Waals surface area contributed by atoms with E-state index in [0.717, 1.165) is 42.1 Å². The van der Waals surface area contributed by atoms with Crippen LogP contribution in [-0.2, 0) is 13.0 Å². The highest BCUT2D eigenvalue weighted by Crippen LogP contribution is 2.16. The molecule has 0 aliphatic carbocycles. The van der Waals surface area contributed by atoms with Gasteiger partial charge in [0.05, 0.1) is 5.56 Å². The highest BCUT2D eigenvalue weighted by Gasteiger charge is 2.16.